The number of aryl methyl sites for hydroxylation is 2. The van der Waals surface area contributed by atoms with Gasteiger partial charge in [0.1, 0.15) is 11.4 Å². The number of aromatic amines is 1. The lowest BCUT2D eigenvalue weighted by Crippen LogP contribution is -2.32. The Balaban J connectivity index is 1.24. The zero-order chi connectivity index (χ0) is 20.8. The zero-order valence-electron chi connectivity index (χ0n) is 17.3. The van der Waals surface area contributed by atoms with Gasteiger partial charge in [-0.15, -0.1) is 0 Å². The fourth-order valence-electron chi connectivity index (χ4n) is 5.04. The van der Waals surface area contributed by atoms with Gasteiger partial charge in [0.2, 0.25) is 5.91 Å². The Bertz CT molecular complexity index is 1260. The normalized spacial score (nSPS) is 18.1. The van der Waals surface area contributed by atoms with Crippen LogP contribution in [-0.4, -0.2) is 32.5 Å². The minimum Gasteiger partial charge on any atom is -0.464 e. The maximum Gasteiger partial charge on any atom is 0.227 e. The summed E-state index contributed by atoms with van der Waals surface area (Å²) in [6, 6.07) is 14.2. The van der Waals surface area contributed by atoms with Crippen LogP contribution in [0.2, 0.25) is 0 Å². The summed E-state index contributed by atoms with van der Waals surface area (Å²) in [6.07, 6.45) is 7.41. The maximum absolute atomic E-state index is 13.3. The standard InChI is InChI=1S/C25H24N4O2/c30-23(14-19-15-31-22-13-18-9-4-8-17(18)12-20(19)22)29-11-5-10-21(29)25-26-24(27-28-25)16-6-2-1-3-7-16/h1-3,6-7,12-13,15,21H,4-5,8-11,14H2,(H,26,27,28). The number of furan rings is 1. The number of carbonyl (C=O) groups excluding carboxylic acids is 1. The number of nitrogens with one attached hydrogen (secondary N) is 1. The number of rotatable bonds is 4. The van der Waals surface area contributed by atoms with Crippen molar-refractivity contribution in [3.63, 3.8) is 0 Å². The van der Waals surface area contributed by atoms with Gasteiger partial charge in [-0.1, -0.05) is 30.3 Å². The molecule has 6 rings (SSSR count). The summed E-state index contributed by atoms with van der Waals surface area (Å²) in [7, 11) is 0. The molecule has 0 saturated carbocycles. The molecule has 1 fully saturated rings. The van der Waals surface area contributed by atoms with Gasteiger partial charge < -0.3 is 9.32 Å². The second-order valence-electron chi connectivity index (χ2n) is 8.56. The quantitative estimate of drug-likeness (QED) is 0.531. The van der Waals surface area contributed by atoms with Crippen LogP contribution in [0.25, 0.3) is 22.4 Å². The van der Waals surface area contributed by atoms with Crippen LogP contribution in [-0.2, 0) is 24.1 Å². The summed E-state index contributed by atoms with van der Waals surface area (Å²) in [5, 5.41) is 8.54. The molecule has 31 heavy (non-hydrogen) atoms. The number of hydrogen-bond donors (Lipinski definition) is 1. The van der Waals surface area contributed by atoms with Crippen molar-refractivity contribution in [2.24, 2.45) is 0 Å². The van der Waals surface area contributed by atoms with E-state index in [-0.39, 0.29) is 11.9 Å². The summed E-state index contributed by atoms with van der Waals surface area (Å²) in [6.45, 7) is 0.746. The van der Waals surface area contributed by atoms with E-state index in [0.29, 0.717) is 12.2 Å². The molecular formula is C25H24N4O2. The Hall–Kier alpha value is -3.41. The number of hydrogen-bond acceptors (Lipinski definition) is 4. The Morgan fingerprint density at radius 1 is 1.13 bits per heavy atom. The molecule has 1 N–H and O–H groups in total. The van der Waals surface area contributed by atoms with E-state index in [9.17, 15) is 4.79 Å². The highest BCUT2D eigenvalue weighted by Gasteiger charge is 2.33. The van der Waals surface area contributed by atoms with Crippen molar-refractivity contribution >= 4 is 16.9 Å². The highest BCUT2D eigenvalue weighted by molar-refractivity contribution is 5.89. The molecule has 1 saturated heterocycles. The third kappa shape index (κ3) is 3.23. The van der Waals surface area contributed by atoms with E-state index in [0.717, 1.165) is 60.1 Å². The van der Waals surface area contributed by atoms with Crippen molar-refractivity contribution in [1.82, 2.24) is 20.1 Å². The van der Waals surface area contributed by atoms with Gasteiger partial charge in [-0.25, -0.2) is 4.98 Å². The lowest BCUT2D eigenvalue weighted by Gasteiger charge is -2.22. The van der Waals surface area contributed by atoms with Crippen molar-refractivity contribution in [2.45, 2.75) is 44.6 Å². The van der Waals surface area contributed by atoms with Gasteiger partial charge in [0, 0.05) is 23.1 Å². The molecule has 3 heterocycles. The van der Waals surface area contributed by atoms with E-state index in [2.05, 4.69) is 22.3 Å². The molecule has 2 aromatic carbocycles. The second kappa shape index (κ2) is 7.38. The van der Waals surface area contributed by atoms with Gasteiger partial charge in [-0.3, -0.25) is 9.89 Å². The Morgan fingerprint density at radius 3 is 2.84 bits per heavy atom. The Labute approximate surface area is 180 Å². The molecule has 4 aromatic rings. The number of H-pyrrole nitrogens is 1. The first-order valence-electron chi connectivity index (χ1n) is 11.1. The van der Waals surface area contributed by atoms with Crippen molar-refractivity contribution < 1.29 is 9.21 Å². The van der Waals surface area contributed by atoms with E-state index in [1.165, 1.54) is 17.5 Å². The molecule has 1 amide bonds. The molecule has 1 atom stereocenters. The molecular weight excluding hydrogens is 388 g/mol. The Kier molecular flexibility index (Phi) is 4.37. The predicted octanol–water partition coefficient (Wildman–Crippen LogP) is 4.61. The number of amides is 1. The summed E-state index contributed by atoms with van der Waals surface area (Å²) in [5.74, 6) is 1.55. The van der Waals surface area contributed by atoms with Crippen LogP contribution in [0.3, 0.4) is 0 Å². The van der Waals surface area contributed by atoms with Crippen LogP contribution in [0.4, 0.5) is 0 Å². The first kappa shape index (κ1) is 18.4. The molecule has 2 aliphatic rings. The average Bonchev–Trinajstić information content (AvgIpc) is 3.58. The number of fused-ring (bicyclic) bond motifs is 2. The van der Waals surface area contributed by atoms with Gasteiger partial charge in [0.25, 0.3) is 0 Å². The zero-order valence-corrected chi connectivity index (χ0v) is 17.3. The summed E-state index contributed by atoms with van der Waals surface area (Å²) >= 11 is 0. The van der Waals surface area contributed by atoms with Crippen molar-refractivity contribution in [3.8, 4) is 11.4 Å². The van der Waals surface area contributed by atoms with Gasteiger partial charge in [-0.2, -0.15) is 5.10 Å². The summed E-state index contributed by atoms with van der Waals surface area (Å²) in [4.78, 5) is 19.9. The van der Waals surface area contributed by atoms with Crippen molar-refractivity contribution in [1.29, 1.82) is 0 Å². The van der Waals surface area contributed by atoms with Crippen LogP contribution >= 0.6 is 0 Å². The fraction of sp³-hybridized carbons (Fsp3) is 0.320. The highest BCUT2D eigenvalue weighted by atomic mass is 16.3. The van der Waals surface area contributed by atoms with Gasteiger partial charge >= 0.3 is 0 Å². The number of likely N-dealkylation sites (tertiary alicyclic amines) is 1. The lowest BCUT2D eigenvalue weighted by molar-refractivity contribution is -0.131. The number of benzene rings is 2. The molecule has 2 aromatic heterocycles. The van der Waals surface area contributed by atoms with Gasteiger partial charge in [0.05, 0.1) is 18.7 Å². The second-order valence-corrected chi connectivity index (χ2v) is 8.56. The van der Waals surface area contributed by atoms with Crippen LogP contribution in [0.5, 0.6) is 0 Å². The average molecular weight is 412 g/mol. The third-order valence-electron chi connectivity index (χ3n) is 6.63. The molecule has 6 heteroatoms. The minimum absolute atomic E-state index is 0.0557. The number of nitrogens with zero attached hydrogens (tertiary/aromatic N) is 3. The smallest absolute Gasteiger partial charge is 0.227 e. The van der Waals surface area contributed by atoms with E-state index >= 15 is 0 Å². The molecule has 156 valence electrons. The minimum atomic E-state index is -0.0557. The fourth-order valence-corrected chi connectivity index (χ4v) is 5.04. The van der Waals surface area contributed by atoms with E-state index in [1.54, 1.807) is 6.26 Å². The topological polar surface area (TPSA) is 75.0 Å². The SMILES string of the molecule is O=C(Cc1coc2cc3c(cc12)CCC3)N1CCCC1c1nc(-c2ccccc2)n[nH]1. The van der Waals surface area contributed by atoms with Crippen molar-refractivity contribution in [2.75, 3.05) is 6.54 Å². The first-order chi connectivity index (χ1) is 15.3. The monoisotopic (exact) mass is 412 g/mol. The lowest BCUT2D eigenvalue weighted by atomic mass is 10.0. The molecule has 1 aliphatic carbocycles. The molecule has 6 nitrogen and oxygen atoms in total. The molecule has 1 unspecified atom stereocenters. The summed E-state index contributed by atoms with van der Waals surface area (Å²) < 4.78 is 5.80. The van der Waals surface area contributed by atoms with Crippen molar-refractivity contribution in [3.05, 3.63) is 71.2 Å². The van der Waals surface area contributed by atoms with Crippen LogP contribution in [0.15, 0.2) is 53.1 Å². The van der Waals surface area contributed by atoms with E-state index < -0.39 is 0 Å². The van der Waals surface area contributed by atoms with Gasteiger partial charge in [0.15, 0.2) is 5.82 Å². The highest BCUT2D eigenvalue weighted by Crippen LogP contribution is 2.34. The maximum atomic E-state index is 13.3. The number of carbonyl (C=O) groups is 1. The number of aromatic nitrogens is 3. The molecule has 1 aliphatic heterocycles. The van der Waals surface area contributed by atoms with E-state index in [4.69, 9.17) is 9.40 Å². The third-order valence-corrected chi connectivity index (χ3v) is 6.63. The Morgan fingerprint density at radius 2 is 1.97 bits per heavy atom. The molecule has 0 radical (unpaired) electrons. The van der Waals surface area contributed by atoms with Crippen LogP contribution < -0.4 is 0 Å². The largest absolute Gasteiger partial charge is 0.464 e. The van der Waals surface area contributed by atoms with E-state index in [1.807, 2.05) is 35.2 Å². The first-order valence-corrected chi connectivity index (χ1v) is 11.1. The van der Waals surface area contributed by atoms with Crippen LogP contribution in [0, 0.1) is 0 Å². The summed E-state index contributed by atoms with van der Waals surface area (Å²) in [5.41, 5.74) is 5.63. The molecule has 0 spiro atoms. The van der Waals surface area contributed by atoms with Crippen LogP contribution in [0.1, 0.15) is 47.8 Å². The van der Waals surface area contributed by atoms with Gasteiger partial charge in [-0.05, 0) is 55.4 Å². The predicted molar refractivity (Wildman–Crippen MR) is 117 cm³/mol. The molecule has 0 bridgehead atoms.